The van der Waals surface area contributed by atoms with Gasteiger partial charge >= 0.3 is 0 Å². The summed E-state index contributed by atoms with van der Waals surface area (Å²) in [4.78, 5) is 10.5. The second-order valence-corrected chi connectivity index (χ2v) is 3.12. The van der Waals surface area contributed by atoms with Crippen LogP contribution in [0, 0.1) is 0 Å². The Morgan fingerprint density at radius 1 is 1.55 bits per heavy atom. The van der Waals surface area contributed by atoms with E-state index in [1.54, 1.807) is 0 Å². The molecule has 1 rings (SSSR count). The molecule has 1 aliphatic heterocycles. The van der Waals surface area contributed by atoms with Crippen LogP contribution < -0.4 is 11.1 Å². The van der Waals surface area contributed by atoms with Gasteiger partial charge in [-0.05, 0) is 25.9 Å². The molecule has 1 heterocycles. The summed E-state index contributed by atoms with van der Waals surface area (Å²) in [6.45, 7) is 1.54. The quantitative estimate of drug-likeness (QED) is 0.481. The number of hydrogen-bond donors (Lipinski definition) is 3. The van der Waals surface area contributed by atoms with Crippen LogP contribution in [0.25, 0.3) is 0 Å². The molecule has 0 aromatic heterocycles. The van der Waals surface area contributed by atoms with Crippen LogP contribution >= 0.6 is 0 Å². The Kier molecular flexibility index (Phi) is 2.46. The minimum absolute atomic E-state index is 0.0919. The zero-order valence-corrected chi connectivity index (χ0v) is 6.47. The van der Waals surface area contributed by atoms with Crippen LogP contribution in [0.4, 0.5) is 0 Å². The average Bonchev–Trinajstić information content (AvgIpc) is 1.85. The van der Waals surface area contributed by atoms with Crippen molar-refractivity contribution in [1.82, 2.24) is 5.32 Å². The summed E-state index contributed by atoms with van der Waals surface area (Å²) in [5.74, 6) is -0.422. The Bertz CT molecular complexity index is 153. The first kappa shape index (κ1) is 8.49. The molecule has 0 aromatic carbocycles. The van der Waals surface area contributed by atoms with E-state index in [9.17, 15) is 9.90 Å². The van der Waals surface area contributed by atoms with Crippen molar-refractivity contribution in [3.05, 3.63) is 0 Å². The smallest absolute Gasteiger partial charge is 0.220 e. The lowest BCUT2D eigenvalue weighted by molar-refractivity contribution is -0.123. The van der Waals surface area contributed by atoms with Gasteiger partial charge in [0.15, 0.2) is 0 Å². The standard InChI is InChI=1S/C7H14N2O2/c8-6(10)5-7(11)1-3-9-4-2-7/h9,11H,1-5H2,(H2,8,10). The van der Waals surface area contributed by atoms with Gasteiger partial charge in [0.1, 0.15) is 0 Å². The first-order chi connectivity index (χ1) is 5.12. The van der Waals surface area contributed by atoms with Crippen LogP contribution in [0.3, 0.4) is 0 Å². The molecule has 0 atom stereocenters. The van der Waals surface area contributed by atoms with Crippen LogP contribution in [-0.4, -0.2) is 29.7 Å². The van der Waals surface area contributed by atoms with Gasteiger partial charge in [-0.3, -0.25) is 4.79 Å². The van der Waals surface area contributed by atoms with Crippen molar-refractivity contribution in [3.63, 3.8) is 0 Å². The molecule has 4 nitrogen and oxygen atoms in total. The van der Waals surface area contributed by atoms with Gasteiger partial charge in [0.25, 0.3) is 0 Å². The molecule has 0 bridgehead atoms. The number of piperidine rings is 1. The van der Waals surface area contributed by atoms with Crippen molar-refractivity contribution >= 4 is 5.91 Å². The maximum atomic E-state index is 10.5. The maximum absolute atomic E-state index is 10.5. The number of carbonyl (C=O) groups is 1. The maximum Gasteiger partial charge on any atom is 0.220 e. The molecule has 0 unspecified atom stereocenters. The molecular formula is C7H14N2O2. The zero-order valence-electron chi connectivity index (χ0n) is 6.47. The van der Waals surface area contributed by atoms with Crippen LogP contribution in [-0.2, 0) is 4.79 Å². The molecule has 11 heavy (non-hydrogen) atoms. The van der Waals surface area contributed by atoms with E-state index in [1.807, 2.05) is 0 Å². The molecule has 0 spiro atoms. The van der Waals surface area contributed by atoms with Gasteiger partial charge in [-0.2, -0.15) is 0 Å². The molecule has 4 heteroatoms. The summed E-state index contributed by atoms with van der Waals surface area (Å²) in [6, 6.07) is 0. The van der Waals surface area contributed by atoms with Crippen LogP contribution in [0.2, 0.25) is 0 Å². The normalized spacial score (nSPS) is 23.0. The van der Waals surface area contributed by atoms with E-state index in [1.165, 1.54) is 0 Å². The van der Waals surface area contributed by atoms with E-state index < -0.39 is 11.5 Å². The Morgan fingerprint density at radius 3 is 2.55 bits per heavy atom. The average molecular weight is 158 g/mol. The molecule has 0 aliphatic carbocycles. The molecule has 0 aromatic rings. The Labute approximate surface area is 65.8 Å². The third-order valence-electron chi connectivity index (χ3n) is 2.04. The predicted molar refractivity (Wildman–Crippen MR) is 40.9 cm³/mol. The second kappa shape index (κ2) is 3.19. The van der Waals surface area contributed by atoms with Gasteiger partial charge in [0.2, 0.25) is 5.91 Å². The Hall–Kier alpha value is -0.610. The zero-order chi connectivity index (χ0) is 8.32. The lowest BCUT2D eigenvalue weighted by Gasteiger charge is -2.31. The van der Waals surface area contributed by atoms with E-state index in [-0.39, 0.29) is 6.42 Å². The fraction of sp³-hybridized carbons (Fsp3) is 0.857. The lowest BCUT2D eigenvalue weighted by Crippen LogP contribution is -2.44. The van der Waals surface area contributed by atoms with Crippen molar-refractivity contribution in [2.24, 2.45) is 5.73 Å². The largest absolute Gasteiger partial charge is 0.389 e. The second-order valence-electron chi connectivity index (χ2n) is 3.12. The summed E-state index contributed by atoms with van der Waals surface area (Å²) in [5.41, 5.74) is 4.15. The van der Waals surface area contributed by atoms with Gasteiger partial charge in [-0.15, -0.1) is 0 Å². The Balaban J connectivity index is 2.43. The highest BCUT2D eigenvalue weighted by atomic mass is 16.3. The van der Waals surface area contributed by atoms with E-state index in [0.29, 0.717) is 12.8 Å². The van der Waals surface area contributed by atoms with Gasteiger partial charge < -0.3 is 16.2 Å². The molecular weight excluding hydrogens is 144 g/mol. The molecule has 1 fully saturated rings. The number of carbonyl (C=O) groups excluding carboxylic acids is 1. The number of nitrogens with two attached hydrogens (primary N) is 1. The minimum atomic E-state index is -0.836. The van der Waals surface area contributed by atoms with Crippen molar-refractivity contribution in [1.29, 1.82) is 0 Å². The highest BCUT2D eigenvalue weighted by Crippen LogP contribution is 2.21. The highest BCUT2D eigenvalue weighted by Gasteiger charge is 2.30. The van der Waals surface area contributed by atoms with Gasteiger partial charge in [-0.25, -0.2) is 0 Å². The van der Waals surface area contributed by atoms with Crippen molar-refractivity contribution in [2.45, 2.75) is 24.9 Å². The number of primary amides is 1. The predicted octanol–water partition coefficient (Wildman–Crippen LogP) is -1.02. The SMILES string of the molecule is NC(=O)CC1(O)CCNCC1. The molecule has 1 aliphatic rings. The molecule has 0 radical (unpaired) electrons. The van der Waals surface area contributed by atoms with Crippen molar-refractivity contribution in [3.8, 4) is 0 Å². The number of aliphatic hydroxyl groups is 1. The minimum Gasteiger partial charge on any atom is -0.389 e. The lowest BCUT2D eigenvalue weighted by atomic mass is 9.89. The summed E-state index contributed by atoms with van der Waals surface area (Å²) >= 11 is 0. The van der Waals surface area contributed by atoms with Gasteiger partial charge in [0, 0.05) is 0 Å². The van der Waals surface area contributed by atoms with E-state index in [4.69, 9.17) is 5.73 Å². The van der Waals surface area contributed by atoms with Crippen LogP contribution in [0.15, 0.2) is 0 Å². The summed E-state index contributed by atoms with van der Waals surface area (Å²) in [6.07, 6.45) is 1.33. The molecule has 0 saturated carbocycles. The number of amides is 1. The summed E-state index contributed by atoms with van der Waals surface area (Å²) in [7, 11) is 0. The third kappa shape index (κ3) is 2.48. The first-order valence-electron chi connectivity index (χ1n) is 3.84. The topological polar surface area (TPSA) is 75.4 Å². The summed E-state index contributed by atoms with van der Waals surface area (Å²) in [5, 5.41) is 12.8. The van der Waals surface area contributed by atoms with Crippen LogP contribution in [0.5, 0.6) is 0 Å². The summed E-state index contributed by atoms with van der Waals surface area (Å²) < 4.78 is 0. The molecule has 1 saturated heterocycles. The fourth-order valence-corrected chi connectivity index (χ4v) is 1.39. The van der Waals surface area contributed by atoms with E-state index in [0.717, 1.165) is 13.1 Å². The van der Waals surface area contributed by atoms with Crippen molar-refractivity contribution < 1.29 is 9.90 Å². The van der Waals surface area contributed by atoms with Gasteiger partial charge in [-0.1, -0.05) is 0 Å². The van der Waals surface area contributed by atoms with Crippen molar-refractivity contribution in [2.75, 3.05) is 13.1 Å². The molecule has 1 amide bonds. The van der Waals surface area contributed by atoms with Gasteiger partial charge in [0.05, 0.1) is 12.0 Å². The molecule has 4 N–H and O–H groups in total. The highest BCUT2D eigenvalue weighted by molar-refractivity contribution is 5.74. The number of nitrogens with one attached hydrogen (secondary N) is 1. The fourth-order valence-electron chi connectivity index (χ4n) is 1.39. The number of rotatable bonds is 2. The third-order valence-corrected chi connectivity index (χ3v) is 2.04. The first-order valence-corrected chi connectivity index (χ1v) is 3.84. The number of hydrogen-bond acceptors (Lipinski definition) is 3. The monoisotopic (exact) mass is 158 g/mol. The van der Waals surface area contributed by atoms with E-state index >= 15 is 0 Å². The van der Waals surface area contributed by atoms with E-state index in [2.05, 4.69) is 5.32 Å². The molecule has 64 valence electrons. The Morgan fingerprint density at radius 2 is 2.09 bits per heavy atom. The van der Waals surface area contributed by atoms with Crippen LogP contribution in [0.1, 0.15) is 19.3 Å².